The van der Waals surface area contributed by atoms with Crippen LogP contribution in [0.4, 0.5) is 0 Å². The topological polar surface area (TPSA) is 79.3 Å². The van der Waals surface area contributed by atoms with Crippen LogP contribution in [0.5, 0.6) is 0 Å². The van der Waals surface area contributed by atoms with Gasteiger partial charge in [-0.15, -0.1) is 0 Å². The molecule has 18 heavy (non-hydrogen) atoms. The van der Waals surface area contributed by atoms with Crippen LogP contribution in [0.25, 0.3) is 0 Å². The van der Waals surface area contributed by atoms with Crippen molar-refractivity contribution >= 4 is 46.7 Å². The number of halogens is 3. The number of amides is 1. The average Bonchev–Trinajstić information content (AvgIpc) is 2.24. The molecule has 0 bridgehead atoms. The second-order valence-electron chi connectivity index (χ2n) is 3.56. The first-order chi connectivity index (χ1) is 8.32. The van der Waals surface area contributed by atoms with Gasteiger partial charge in [-0.05, 0) is 6.92 Å². The quantitative estimate of drug-likeness (QED) is 0.896. The van der Waals surface area contributed by atoms with Crippen molar-refractivity contribution in [1.82, 2.24) is 10.3 Å². The lowest BCUT2D eigenvalue weighted by atomic mass is 10.2. The summed E-state index contributed by atoms with van der Waals surface area (Å²) in [4.78, 5) is 26.0. The Labute approximate surface area is 118 Å². The molecule has 1 rings (SSSR count). The largest absolute Gasteiger partial charge is 0.481 e. The molecule has 0 aliphatic rings. The van der Waals surface area contributed by atoms with Crippen molar-refractivity contribution < 1.29 is 14.7 Å². The molecular formula is C10H9Cl3N2O3. The van der Waals surface area contributed by atoms with Crippen LogP contribution < -0.4 is 5.32 Å². The van der Waals surface area contributed by atoms with E-state index < -0.39 is 17.9 Å². The van der Waals surface area contributed by atoms with Crippen LogP contribution in [0.15, 0.2) is 6.20 Å². The zero-order valence-electron chi connectivity index (χ0n) is 9.21. The molecule has 0 fully saturated rings. The zero-order valence-corrected chi connectivity index (χ0v) is 11.5. The first-order valence-corrected chi connectivity index (χ1v) is 5.98. The van der Waals surface area contributed by atoms with Gasteiger partial charge in [-0.3, -0.25) is 9.59 Å². The molecule has 0 saturated heterocycles. The molecule has 0 aliphatic carbocycles. The molecule has 0 saturated carbocycles. The molecular weight excluding hydrogens is 302 g/mol. The molecule has 0 aliphatic heterocycles. The summed E-state index contributed by atoms with van der Waals surface area (Å²) in [6, 6.07) is -0.553. The van der Waals surface area contributed by atoms with E-state index >= 15 is 0 Å². The molecule has 1 heterocycles. The zero-order chi connectivity index (χ0) is 13.9. The molecule has 5 nitrogen and oxygen atoms in total. The van der Waals surface area contributed by atoms with Gasteiger partial charge in [0.15, 0.2) is 0 Å². The van der Waals surface area contributed by atoms with E-state index in [1.54, 1.807) is 6.92 Å². The summed E-state index contributed by atoms with van der Waals surface area (Å²) in [5, 5.41) is 11.1. The number of nitrogens with zero attached hydrogens (tertiary/aromatic N) is 1. The number of carbonyl (C=O) groups excluding carboxylic acids is 1. The van der Waals surface area contributed by atoms with Crippen LogP contribution in [0.3, 0.4) is 0 Å². The third-order valence-electron chi connectivity index (χ3n) is 1.99. The van der Waals surface area contributed by atoms with Gasteiger partial charge in [-0.2, -0.15) is 0 Å². The summed E-state index contributed by atoms with van der Waals surface area (Å²) in [5.74, 6) is -1.62. The Hall–Kier alpha value is -1.04. The minimum atomic E-state index is -1.02. The molecule has 2 N–H and O–H groups in total. The van der Waals surface area contributed by atoms with Crippen LogP contribution in [0, 0.1) is 0 Å². The predicted octanol–water partition coefficient (Wildman–Crippen LogP) is 2.63. The maximum atomic E-state index is 11.8. The van der Waals surface area contributed by atoms with E-state index in [0.717, 1.165) is 0 Å². The van der Waals surface area contributed by atoms with E-state index in [9.17, 15) is 9.59 Å². The normalized spacial score (nSPS) is 12.0. The van der Waals surface area contributed by atoms with Crippen molar-refractivity contribution in [2.75, 3.05) is 0 Å². The molecule has 0 aromatic carbocycles. The van der Waals surface area contributed by atoms with Gasteiger partial charge in [0, 0.05) is 12.2 Å². The fourth-order valence-electron chi connectivity index (χ4n) is 1.21. The molecule has 98 valence electrons. The number of hydrogen-bond acceptors (Lipinski definition) is 3. The Bertz CT molecular complexity index is 494. The summed E-state index contributed by atoms with van der Waals surface area (Å²) in [6.07, 6.45) is 0.997. The minimum absolute atomic E-state index is 0.0318. The fraction of sp³-hybridized carbons (Fsp3) is 0.300. The number of aromatic nitrogens is 1. The highest BCUT2D eigenvalue weighted by atomic mass is 35.5. The fourth-order valence-corrected chi connectivity index (χ4v) is 1.77. The molecule has 0 spiro atoms. The molecule has 0 radical (unpaired) electrons. The Morgan fingerprint density at radius 3 is 2.56 bits per heavy atom. The van der Waals surface area contributed by atoms with Gasteiger partial charge >= 0.3 is 5.97 Å². The van der Waals surface area contributed by atoms with Gasteiger partial charge < -0.3 is 10.4 Å². The molecule has 1 unspecified atom stereocenters. The van der Waals surface area contributed by atoms with Crippen LogP contribution in [-0.4, -0.2) is 28.0 Å². The number of rotatable bonds is 4. The van der Waals surface area contributed by atoms with Crippen molar-refractivity contribution in [2.45, 2.75) is 19.4 Å². The lowest BCUT2D eigenvalue weighted by Gasteiger charge is -2.12. The van der Waals surface area contributed by atoms with Crippen LogP contribution in [-0.2, 0) is 4.79 Å². The highest BCUT2D eigenvalue weighted by Crippen LogP contribution is 2.30. The molecule has 1 amide bonds. The molecule has 1 atom stereocenters. The smallest absolute Gasteiger partial charge is 0.305 e. The van der Waals surface area contributed by atoms with E-state index in [4.69, 9.17) is 39.9 Å². The Morgan fingerprint density at radius 2 is 2.00 bits per heavy atom. The molecule has 1 aromatic heterocycles. The first-order valence-electron chi connectivity index (χ1n) is 4.85. The van der Waals surface area contributed by atoms with Gasteiger partial charge in [0.1, 0.15) is 5.69 Å². The van der Waals surface area contributed by atoms with Gasteiger partial charge in [0.05, 0.1) is 21.5 Å². The lowest BCUT2D eigenvalue weighted by Crippen LogP contribution is -2.34. The Morgan fingerprint density at radius 1 is 1.39 bits per heavy atom. The standard InChI is InChI=1S/C10H9Cl3N2O3/c1-4(2-6(16)17)15-10(18)9-8(13)7(12)5(11)3-14-9/h3-4H,2H2,1H3,(H,15,18)(H,16,17). The third-order valence-corrected chi connectivity index (χ3v) is 3.23. The maximum absolute atomic E-state index is 11.8. The number of carboxylic acids is 1. The van der Waals surface area contributed by atoms with E-state index in [-0.39, 0.29) is 27.2 Å². The van der Waals surface area contributed by atoms with E-state index in [1.165, 1.54) is 6.20 Å². The van der Waals surface area contributed by atoms with Crippen LogP contribution >= 0.6 is 34.8 Å². The second-order valence-corrected chi connectivity index (χ2v) is 4.72. The average molecular weight is 312 g/mol. The van der Waals surface area contributed by atoms with Gasteiger partial charge in [-0.1, -0.05) is 34.8 Å². The van der Waals surface area contributed by atoms with E-state index in [0.29, 0.717) is 0 Å². The number of pyridine rings is 1. The number of nitrogens with one attached hydrogen (secondary N) is 1. The van der Waals surface area contributed by atoms with Crippen LogP contribution in [0.2, 0.25) is 15.1 Å². The monoisotopic (exact) mass is 310 g/mol. The number of hydrogen-bond donors (Lipinski definition) is 2. The third kappa shape index (κ3) is 3.73. The van der Waals surface area contributed by atoms with Gasteiger partial charge in [-0.25, -0.2) is 4.98 Å². The Balaban J connectivity index is 2.85. The van der Waals surface area contributed by atoms with Crippen molar-refractivity contribution in [3.63, 3.8) is 0 Å². The van der Waals surface area contributed by atoms with Crippen molar-refractivity contribution in [3.8, 4) is 0 Å². The summed E-state index contributed by atoms with van der Waals surface area (Å²) >= 11 is 17.3. The predicted molar refractivity (Wildman–Crippen MR) is 68.4 cm³/mol. The van der Waals surface area contributed by atoms with Gasteiger partial charge in [0.2, 0.25) is 0 Å². The van der Waals surface area contributed by atoms with E-state index in [2.05, 4.69) is 10.3 Å². The maximum Gasteiger partial charge on any atom is 0.305 e. The summed E-state index contributed by atoms with van der Waals surface area (Å²) < 4.78 is 0. The molecule has 1 aromatic rings. The highest BCUT2D eigenvalue weighted by Gasteiger charge is 2.19. The number of carbonyl (C=O) groups is 2. The van der Waals surface area contributed by atoms with Crippen molar-refractivity contribution in [2.24, 2.45) is 0 Å². The minimum Gasteiger partial charge on any atom is -0.481 e. The highest BCUT2D eigenvalue weighted by molar-refractivity contribution is 6.48. The van der Waals surface area contributed by atoms with E-state index in [1.807, 2.05) is 0 Å². The summed E-state index contributed by atoms with van der Waals surface area (Å²) in [5.41, 5.74) is -0.0942. The number of aliphatic carboxylic acids is 1. The second kappa shape index (κ2) is 6.22. The van der Waals surface area contributed by atoms with Crippen LogP contribution in [0.1, 0.15) is 23.8 Å². The van der Waals surface area contributed by atoms with Crippen molar-refractivity contribution in [1.29, 1.82) is 0 Å². The van der Waals surface area contributed by atoms with Gasteiger partial charge in [0.25, 0.3) is 5.91 Å². The molecule has 8 heteroatoms. The Kier molecular flexibility index (Phi) is 5.19. The first kappa shape index (κ1) is 15.0. The summed E-state index contributed by atoms with van der Waals surface area (Å²) in [7, 11) is 0. The SMILES string of the molecule is CC(CC(=O)O)NC(=O)c1ncc(Cl)c(Cl)c1Cl. The lowest BCUT2D eigenvalue weighted by molar-refractivity contribution is -0.137. The summed E-state index contributed by atoms with van der Waals surface area (Å²) in [6.45, 7) is 1.55. The van der Waals surface area contributed by atoms with Crippen molar-refractivity contribution in [3.05, 3.63) is 27.0 Å². The number of carboxylic acid groups (broad SMARTS) is 1.